The van der Waals surface area contributed by atoms with E-state index < -0.39 is 9.84 Å². The molecule has 0 amide bonds. The highest BCUT2D eigenvalue weighted by Crippen LogP contribution is 2.17. The van der Waals surface area contributed by atoms with Crippen LogP contribution < -0.4 is 0 Å². The Morgan fingerprint density at radius 1 is 1.55 bits per heavy atom. The monoisotopic (exact) mass is 208 g/mol. The van der Waals surface area contributed by atoms with Gasteiger partial charge < -0.3 is 0 Å². The molecule has 0 saturated carbocycles. The van der Waals surface area contributed by atoms with E-state index in [0.29, 0.717) is 9.96 Å². The largest absolute Gasteiger partial charge is 0.223 e. The number of hydrogen-bond donors (Lipinski definition) is 1. The summed E-state index contributed by atoms with van der Waals surface area (Å²) in [7, 11) is -3.02. The maximum Gasteiger partial charge on any atom is 0.188 e. The van der Waals surface area contributed by atoms with Gasteiger partial charge in [-0.05, 0) is 11.4 Å². The molecular formula is C6H8O2S3. The minimum Gasteiger partial charge on any atom is -0.223 e. The fraction of sp³-hybridized carbons (Fsp3) is 0.333. The van der Waals surface area contributed by atoms with Gasteiger partial charge in [0.2, 0.25) is 0 Å². The van der Waals surface area contributed by atoms with Crippen molar-refractivity contribution < 1.29 is 8.42 Å². The number of sulfone groups is 1. The zero-order valence-corrected chi connectivity index (χ0v) is 8.25. The summed E-state index contributed by atoms with van der Waals surface area (Å²) in [6, 6.07) is 3.35. The molecule has 0 saturated heterocycles. The van der Waals surface area contributed by atoms with E-state index >= 15 is 0 Å². The lowest BCUT2D eigenvalue weighted by molar-refractivity contribution is 0.599. The lowest BCUT2D eigenvalue weighted by Crippen LogP contribution is -2.05. The Labute approximate surface area is 75.6 Å². The van der Waals surface area contributed by atoms with Gasteiger partial charge in [-0.25, -0.2) is 8.42 Å². The SMILES string of the molecule is O=S(=O)(CCS)c1cccs1. The Bertz CT molecular complexity index is 299. The molecule has 5 heteroatoms. The van der Waals surface area contributed by atoms with Crippen LogP contribution in [-0.2, 0) is 9.84 Å². The maximum absolute atomic E-state index is 11.3. The molecular weight excluding hydrogens is 200 g/mol. The second-order valence-corrected chi connectivity index (χ2v) is 5.71. The molecule has 0 N–H and O–H groups in total. The molecule has 1 aromatic rings. The zero-order valence-electron chi connectivity index (χ0n) is 5.73. The van der Waals surface area contributed by atoms with Crippen molar-refractivity contribution in [2.75, 3.05) is 11.5 Å². The van der Waals surface area contributed by atoms with Gasteiger partial charge in [0.05, 0.1) is 5.75 Å². The predicted molar refractivity (Wildman–Crippen MR) is 50.2 cm³/mol. The molecule has 0 fully saturated rings. The highest BCUT2D eigenvalue weighted by atomic mass is 32.2. The second-order valence-electron chi connectivity index (χ2n) is 1.97. The van der Waals surface area contributed by atoms with Crippen LogP contribution in [-0.4, -0.2) is 19.9 Å². The van der Waals surface area contributed by atoms with Crippen molar-refractivity contribution in [2.45, 2.75) is 4.21 Å². The van der Waals surface area contributed by atoms with E-state index in [0.717, 1.165) is 0 Å². The van der Waals surface area contributed by atoms with Crippen molar-refractivity contribution in [3.05, 3.63) is 17.5 Å². The Morgan fingerprint density at radius 2 is 2.27 bits per heavy atom. The molecule has 0 atom stereocenters. The zero-order chi connectivity index (χ0) is 8.32. The molecule has 2 nitrogen and oxygen atoms in total. The fourth-order valence-corrected chi connectivity index (χ4v) is 3.56. The van der Waals surface area contributed by atoms with Crippen LogP contribution in [0.15, 0.2) is 21.7 Å². The molecule has 0 radical (unpaired) electrons. The van der Waals surface area contributed by atoms with E-state index in [4.69, 9.17) is 0 Å². The maximum atomic E-state index is 11.3. The third kappa shape index (κ3) is 2.21. The molecule has 0 spiro atoms. The molecule has 0 aliphatic heterocycles. The van der Waals surface area contributed by atoms with E-state index in [1.54, 1.807) is 17.5 Å². The Morgan fingerprint density at radius 3 is 2.73 bits per heavy atom. The standard InChI is InChI=1S/C6H8O2S3/c7-11(8,5-3-9)6-2-1-4-10-6/h1-2,4,9H,3,5H2. The first-order chi connectivity index (χ1) is 5.17. The summed E-state index contributed by atoms with van der Waals surface area (Å²) in [5.74, 6) is 0.497. The number of thiophene rings is 1. The van der Waals surface area contributed by atoms with Gasteiger partial charge in [-0.15, -0.1) is 11.3 Å². The highest BCUT2D eigenvalue weighted by molar-refractivity contribution is 7.94. The van der Waals surface area contributed by atoms with E-state index in [-0.39, 0.29) is 5.75 Å². The van der Waals surface area contributed by atoms with Crippen molar-refractivity contribution >= 4 is 33.8 Å². The summed E-state index contributed by atoms with van der Waals surface area (Å²) < 4.78 is 22.9. The first kappa shape index (κ1) is 9.09. The summed E-state index contributed by atoms with van der Waals surface area (Å²) in [5, 5.41) is 1.76. The van der Waals surface area contributed by atoms with E-state index in [1.807, 2.05) is 0 Å². The smallest absolute Gasteiger partial charge is 0.188 e. The molecule has 0 bridgehead atoms. The molecule has 0 aromatic carbocycles. The molecule has 0 unspecified atom stereocenters. The van der Waals surface area contributed by atoms with Gasteiger partial charge in [0.1, 0.15) is 4.21 Å². The summed E-state index contributed by atoms with van der Waals surface area (Å²) in [6.07, 6.45) is 0. The first-order valence-corrected chi connectivity index (χ1v) is 6.20. The minimum atomic E-state index is -3.02. The van der Waals surface area contributed by atoms with E-state index in [9.17, 15) is 8.42 Å². The van der Waals surface area contributed by atoms with Crippen LogP contribution in [0, 0.1) is 0 Å². The van der Waals surface area contributed by atoms with Crippen LogP contribution >= 0.6 is 24.0 Å². The van der Waals surface area contributed by atoms with Crippen LogP contribution in [0.1, 0.15) is 0 Å². The summed E-state index contributed by atoms with van der Waals surface area (Å²) in [6.45, 7) is 0. The van der Waals surface area contributed by atoms with Gasteiger partial charge in [-0.1, -0.05) is 6.07 Å². The highest BCUT2D eigenvalue weighted by Gasteiger charge is 2.13. The summed E-state index contributed by atoms with van der Waals surface area (Å²) in [4.78, 5) is 0. The normalized spacial score (nSPS) is 11.7. The van der Waals surface area contributed by atoms with Crippen LogP contribution in [0.5, 0.6) is 0 Å². The molecule has 0 aliphatic rings. The summed E-state index contributed by atoms with van der Waals surface area (Å²) >= 11 is 5.12. The fourth-order valence-electron chi connectivity index (χ4n) is 0.661. The van der Waals surface area contributed by atoms with Gasteiger partial charge in [0, 0.05) is 5.75 Å². The van der Waals surface area contributed by atoms with Gasteiger partial charge >= 0.3 is 0 Å². The average Bonchev–Trinajstić information content (AvgIpc) is 2.37. The Balaban J connectivity index is 2.92. The van der Waals surface area contributed by atoms with Crippen LogP contribution in [0.2, 0.25) is 0 Å². The average molecular weight is 208 g/mol. The number of hydrogen-bond acceptors (Lipinski definition) is 4. The molecule has 1 rings (SSSR count). The van der Waals surface area contributed by atoms with Crippen LogP contribution in [0.3, 0.4) is 0 Å². The third-order valence-corrected chi connectivity index (χ3v) is 4.89. The first-order valence-electron chi connectivity index (χ1n) is 3.04. The molecule has 62 valence electrons. The number of rotatable bonds is 3. The van der Waals surface area contributed by atoms with E-state index in [2.05, 4.69) is 12.6 Å². The third-order valence-electron chi connectivity index (χ3n) is 1.16. The predicted octanol–water partition coefficient (Wildman–Crippen LogP) is 1.45. The van der Waals surface area contributed by atoms with Crippen LogP contribution in [0.25, 0.3) is 0 Å². The quantitative estimate of drug-likeness (QED) is 0.763. The van der Waals surface area contributed by atoms with Crippen molar-refractivity contribution in [3.8, 4) is 0 Å². The van der Waals surface area contributed by atoms with Crippen molar-refractivity contribution in [2.24, 2.45) is 0 Å². The second kappa shape index (κ2) is 3.60. The van der Waals surface area contributed by atoms with Crippen molar-refractivity contribution in [1.29, 1.82) is 0 Å². The Hall–Kier alpha value is -0.0000000000000000833. The van der Waals surface area contributed by atoms with E-state index in [1.165, 1.54) is 11.3 Å². The van der Waals surface area contributed by atoms with Gasteiger partial charge in [0.15, 0.2) is 9.84 Å². The van der Waals surface area contributed by atoms with Gasteiger partial charge in [-0.3, -0.25) is 0 Å². The summed E-state index contributed by atoms with van der Waals surface area (Å²) in [5.41, 5.74) is 0. The van der Waals surface area contributed by atoms with Crippen LogP contribution in [0.4, 0.5) is 0 Å². The number of thiol groups is 1. The lowest BCUT2D eigenvalue weighted by atomic mass is 10.7. The van der Waals surface area contributed by atoms with Gasteiger partial charge in [-0.2, -0.15) is 12.6 Å². The minimum absolute atomic E-state index is 0.122. The molecule has 11 heavy (non-hydrogen) atoms. The Kier molecular flexibility index (Phi) is 2.98. The molecule has 1 heterocycles. The molecule has 0 aliphatic carbocycles. The van der Waals surface area contributed by atoms with Crippen molar-refractivity contribution in [3.63, 3.8) is 0 Å². The van der Waals surface area contributed by atoms with Gasteiger partial charge in [0.25, 0.3) is 0 Å². The van der Waals surface area contributed by atoms with Crippen molar-refractivity contribution in [1.82, 2.24) is 0 Å². The lowest BCUT2D eigenvalue weighted by Gasteiger charge is -1.95. The molecule has 1 aromatic heterocycles. The topological polar surface area (TPSA) is 34.1 Å².